The maximum atomic E-state index is 14.2. The third-order valence-electron chi connectivity index (χ3n) is 7.69. The Balaban J connectivity index is 1.46. The van der Waals surface area contributed by atoms with Crippen LogP contribution in [0, 0.1) is 11.3 Å². The summed E-state index contributed by atoms with van der Waals surface area (Å²) in [4.78, 5) is 4.19. The fourth-order valence-electron chi connectivity index (χ4n) is 5.68. The van der Waals surface area contributed by atoms with Gasteiger partial charge in [0.05, 0.1) is 29.2 Å². The molecule has 11 nitrogen and oxygen atoms in total. The Morgan fingerprint density at radius 3 is 2.62 bits per heavy atom. The summed E-state index contributed by atoms with van der Waals surface area (Å²) in [6, 6.07) is 14.7. The summed E-state index contributed by atoms with van der Waals surface area (Å²) in [5.41, 5.74) is 5.76. The van der Waals surface area contributed by atoms with E-state index in [2.05, 4.69) is 10.1 Å². The molecular formula is C30H26Cl2F3N7O4S. The lowest BCUT2D eigenvalue weighted by Crippen LogP contribution is -2.65. The third kappa shape index (κ3) is 6.69. The highest BCUT2D eigenvalue weighted by Crippen LogP contribution is 2.43. The molecule has 4 heterocycles. The summed E-state index contributed by atoms with van der Waals surface area (Å²) in [6.07, 6.45) is -7.88. The van der Waals surface area contributed by atoms with Gasteiger partial charge in [-0.05, 0) is 18.2 Å². The van der Waals surface area contributed by atoms with Crippen LogP contribution in [0.25, 0.3) is 11.4 Å². The van der Waals surface area contributed by atoms with Gasteiger partial charge >= 0.3 is 6.18 Å². The topological polar surface area (TPSA) is 147 Å². The zero-order chi connectivity index (χ0) is 33.5. The molecule has 246 valence electrons. The second kappa shape index (κ2) is 13.4. The Morgan fingerprint density at radius 1 is 1.19 bits per heavy atom. The Morgan fingerprint density at radius 2 is 1.96 bits per heavy atom. The van der Waals surface area contributed by atoms with E-state index in [-0.39, 0.29) is 33.9 Å². The minimum absolute atomic E-state index is 0.0208. The van der Waals surface area contributed by atoms with Crippen LogP contribution in [0.1, 0.15) is 39.9 Å². The summed E-state index contributed by atoms with van der Waals surface area (Å²) >= 11 is 13.4. The van der Waals surface area contributed by atoms with E-state index in [0.717, 1.165) is 28.4 Å². The van der Waals surface area contributed by atoms with Crippen LogP contribution in [0.4, 0.5) is 13.2 Å². The lowest BCUT2D eigenvalue weighted by Gasteiger charge is -2.51. The molecule has 2 saturated heterocycles. The first-order chi connectivity index (χ1) is 22.5. The summed E-state index contributed by atoms with van der Waals surface area (Å²) in [7, 11) is 1.40. The Kier molecular flexibility index (Phi) is 9.47. The zero-order valence-corrected chi connectivity index (χ0v) is 26.7. The number of hydrogen-bond donors (Lipinski definition) is 2. The van der Waals surface area contributed by atoms with Crippen molar-refractivity contribution in [2.45, 2.75) is 42.9 Å². The van der Waals surface area contributed by atoms with Crippen molar-refractivity contribution in [1.29, 1.82) is 5.26 Å². The van der Waals surface area contributed by atoms with Gasteiger partial charge in [0.2, 0.25) is 0 Å². The molecule has 2 aromatic carbocycles. The van der Waals surface area contributed by atoms with Gasteiger partial charge in [-0.1, -0.05) is 53.5 Å². The van der Waals surface area contributed by atoms with Crippen molar-refractivity contribution in [2.75, 3.05) is 13.7 Å². The van der Waals surface area contributed by atoms with Gasteiger partial charge in [-0.2, -0.15) is 23.5 Å². The highest BCUT2D eigenvalue weighted by Gasteiger charge is 2.53. The second-order valence-electron chi connectivity index (χ2n) is 10.6. The minimum Gasteiger partial charge on any atom is -0.395 e. The molecule has 0 aliphatic carbocycles. The molecule has 0 amide bonds. The van der Waals surface area contributed by atoms with E-state index in [1.54, 1.807) is 5.38 Å². The van der Waals surface area contributed by atoms with Crippen LogP contribution in [0.3, 0.4) is 0 Å². The number of aromatic nitrogens is 3. The van der Waals surface area contributed by atoms with E-state index in [9.17, 15) is 18.4 Å². The van der Waals surface area contributed by atoms with Crippen LogP contribution in [-0.2, 0) is 25.1 Å². The van der Waals surface area contributed by atoms with Gasteiger partial charge in [0.25, 0.3) is 0 Å². The standard InChI is InChI=1S/C30H26Cl2F3N7O4S/c1-43-27-24(41(38)12-19(37)28-39-23(32)14-47-28)26-22(13-44-29(46-26)15-5-3-2-4-6-15)45-25(27)21-10-17(11-36)40-42(21)20-9-16(31)7-8-18(20)30(33,34)35/h2-10,12,14,22,24-27,29H,13,37-38H2,1H3/b19-12-. The van der Waals surface area contributed by atoms with Crippen LogP contribution < -0.4 is 11.6 Å². The number of hydrazine groups is 1. The number of rotatable bonds is 7. The molecule has 2 aliphatic rings. The predicted octanol–water partition coefficient (Wildman–Crippen LogP) is 5.60. The zero-order valence-electron chi connectivity index (χ0n) is 24.3. The smallest absolute Gasteiger partial charge is 0.395 e. The molecule has 4 N–H and O–H groups in total. The van der Waals surface area contributed by atoms with Crippen molar-refractivity contribution >= 4 is 40.2 Å². The molecular weight excluding hydrogens is 682 g/mol. The highest BCUT2D eigenvalue weighted by atomic mass is 35.5. The maximum absolute atomic E-state index is 14.2. The SMILES string of the molecule is COC1C(c2cc(C#N)nn2-c2cc(Cl)ccc2C(F)(F)F)OC2COC(c3ccccc3)OC2C1N(N)/C=C(\N)c1nc(Cl)cs1. The summed E-state index contributed by atoms with van der Waals surface area (Å²) in [5, 5.41) is 17.5. The first-order valence-corrected chi connectivity index (χ1v) is 15.6. The fourth-order valence-corrected chi connectivity index (χ4v) is 6.71. The van der Waals surface area contributed by atoms with E-state index in [1.807, 2.05) is 36.4 Å². The van der Waals surface area contributed by atoms with Crippen LogP contribution >= 0.6 is 34.5 Å². The van der Waals surface area contributed by atoms with E-state index >= 15 is 0 Å². The Hall–Kier alpha value is -3.72. The van der Waals surface area contributed by atoms with Crippen molar-refractivity contribution in [3.05, 3.63) is 104 Å². The number of ether oxygens (including phenoxy) is 4. The van der Waals surface area contributed by atoms with E-state index < -0.39 is 54.2 Å². The number of alkyl halides is 3. The van der Waals surface area contributed by atoms with Crippen molar-refractivity contribution in [3.63, 3.8) is 0 Å². The highest BCUT2D eigenvalue weighted by molar-refractivity contribution is 7.11. The average molecular weight is 709 g/mol. The normalized spacial score (nSPS) is 24.9. The number of nitriles is 1. The number of hydrogen-bond acceptors (Lipinski definition) is 11. The van der Waals surface area contributed by atoms with Gasteiger partial charge < -0.3 is 29.7 Å². The van der Waals surface area contributed by atoms with Gasteiger partial charge in [0.1, 0.15) is 46.7 Å². The van der Waals surface area contributed by atoms with E-state index in [0.29, 0.717) is 5.01 Å². The first-order valence-electron chi connectivity index (χ1n) is 14.0. The molecule has 6 atom stereocenters. The Labute approximate surface area is 280 Å². The molecule has 0 spiro atoms. The quantitative estimate of drug-likeness (QED) is 0.184. The van der Waals surface area contributed by atoms with Gasteiger partial charge in [-0.3, -0.25) is 0 Å². The van der Waals surface area contributed by atoms with Crippen LogP contribution in [0.15, 0.2) is 66.2 Å². The number of benzene rings is 2. The molecule has 2 aliphatic heterocycles. The van der Waals surface area contributed by atoms with Gasteiger partial charge in [-0.25, -0.2) is 15.5 Å². The van der Waals surface area contributed by atoms with Gasteiger partial charge in [0, 0.05) is 35.3 Å². The Bertz CT molecular complexity index is 1820. The largest absolute Gasteiger partial charge is 0.418 e. The lowest BCUT2D eigenvalue weighted by atomic mass is 9.89. The summed E-state index contributed by atoms with van der Waals surface area (Å²) < 4.78 is 68.6. The van der Waals surface area contributed by atoms with Gasteiger partial charge in [0.15, 0.2) is 12.0 Å². The molecule has 0 radical (unpaired) electrons. The third-order valence-corrected chi connectivity index (χ3v) is 9.14. The van der Waals surface area contributed by atoms with E-state index in [4.69, 9.17) is 53.7 Å². The number of fused-ring (bicyclic) bond motifs is 1. The molecule has 2 aromatic heterocycles. The molecule has 47 heavy (non-hydrogen) atoms. The van der Waals surface area contributed by atoms with Gasteiger partial charge in [-0.15, -0.1) is 11.3 Å². The molecule has 4 aromatic rings. The number of thiazole rings is 1. The molecule has 6 rings (SSSR count). The molecule has 17 heteroatoms. The van der Waals surface area contributed by atoms with Crippen molar-refractivity contribution in [2.24, 2.45) is 11.6 Å². The van der Waals surface area contributed by atoms with Crippen LogP contribution in [0.5, 0.6) is 0 Å². The van der Waals surface area contributed by atoms with Crippen LogP contribution in [-0.4, -0.2) is 57.8 Å². The summed E-state index contributed by atoms with van der Waals surface area (Å²) in [6.45, 7) is 0.0208. The first kappa shape index (κ1) is 33.2. The maximum Gasteiger partial charge on any atom is 0.418 e. The molecule has 2 fully saturated rings. The lowest BCUT2D eigenvalue weighted by molar-refractivity contribution is -0.322. The summed E-state index contributed by atoms with van der Waals surface area (Å²) in [5.74, 6) is 6.70. The minimum atomic E-state index is -4.77. The second-order valence-corrected chi connectivity index (χ2v) is 12.3. The van der Waals surface area contributed by atoms with Crippen molar-refractivity contribution < 1.29 is 32.1 Å². The van der Waals surface area contributed by atoms with E-state index in [1.165, 1.54) is 35.7 Å². The van der Waals surface area contributed by atoms with Crippen molar-refractivity contribution in [3.8, 4) is 11.8 Å². The van der Waals surface area contributed by atoms with Crippen molar-refractivity contribution in [1.82, 2.24) is 19.8 Å². The monoisotopic (exact) mass is 707 g/mol. The van der Waals surface area contributed by atoms with Crippen LogP contribution in [0.2, 0.25) is 10.2 Å². The molecule has 0 saturated carbocycles. The number of nitrogens with zero attached hydrogens (tertiary/aromatic N) is 5. The average Bonchev–Trinajstić information content (AvgIpc) is 3.70. The number of methoxy groups -OCH3 is 1. The fraction of sp³-hybridized carbons (Fsp3) is 0.300. The number of halogens is 5. The predicted molar refractivity (Wildman–Crippen MR) is 166 cm³/mol. The number of nitrogens with two attached hydrogens (primary N) is 2. The molecule has 0 bridgehead atoms. The molecule has 6 unspecified atom stereocenters.